The van der Waals surface area contributed by atoms with E-state index in [1.165, 1.54) is 6.08 Å². The molecular formula is C38H26N4O2. The van der Waals surface area contributed by atoms with Gasteiger partial charge in [0.1, 0.15) is 11.6 Å². The Balaban J connectivity index is 1.33. The first-order valence-electron chi connectivity index (χ1n) is 14.0. The first-order valence-corrected chi connectivity index (χ1v) is 14.0. The predicted molar refractivity (Wildman–Crippen MR) is 174 cm³/mol. The molecule has 0 saturated carbocycles. The molecule has 0 spiro atoms. The molecular weight excluding hydrogens is 544 g/mol. The van der Waals surface area contributed by atoms with Crippen molar-refractivity contribution in [2.75, 3.05) is 4.90 Å². The second-order valence-electron chi connectivity index (χ2n) is 10.0. The lowest BCUT2D eigenvalue weighted by molar-refractivity contribution is -0.132. The van der Waals surface area contributed by atoms with Crippen molar-refractivity contribution in [2.24, 2.45) is 0 Å². The molecule has 1 N–H and O–H groups in total. The fourth-order valence-corrected chi connectivity index (χ4v) is 5.03. The van der Waals surface area contributed by atoms with Crippen molar-refractivity contribution >= 4 is 29.1 Å². The number of carboxylic acid groups (broad SMARTS) is 1. The van der Waals surface area contributed by atoms with Crippen molar-refractivity contribution in [1.82, 2.24) is 9.97 Å². The van der Waals surface area contributed by atoms with Gasteiger partial charge in [-0.2, -0.15) is 5.26 Å². The molecule has 0 unspecified atom stereocenters. The topological polar surface area (TPSA) is 90.1 Å². The molecule has 0 aliphatic carbocycles. The molecule has 44 heavy (non-hydrogen) atoms. The third-order valence-electron chi connectivity index (χ3n) is 7.31. The van der Waals surface area contributed by atoms with Crippen LogP contribution in [0.2, 0.25) is 0 Å². The number of aromatic nitrogens is 2. The summed E-state index contributed by atoms with van der Waals surface area (Å²) >= 11 is 0. The molecule has 0 aliphatic heterocycles. The largest absolute Gasteiger partial charge is 0.477 e. The van der Waals surface area contributed by atoms with Crippen molar-refractivity contribution in [2.45, 2.75) is 0 Å². The van der Waals surface area contributed by atoms with E-state index in [9.17, 15) is 4.79 Å². The van der Waals surface area contributed by atoms with Gasteiger partial charge < -0.3 is 10.0 Å². The van der Waals surface area contributed by atoms with Crippen LogP contribution in [0.15, 0.2) is 152 Å². The Bertz CT molecular complexity index is 1860. The Kier molecular flexibility index (Phi) is 8.02. The van der Waals surface area contributed by atoms with Crippen LogP contribution in [0.1, 0.15) is 5.56 Å². The highest BCUT2D eigenvalue weighted by atomic mass is 16.4. The smallest absolute Gasteiger partial charge is 0.346 e. The SMILES string of the molecule is N#C/C(=C/c1ccc(-c2ccc(N(c3ccc(-c4ccncc4)cc3)c3ccc(-c4ccncc4)cc3)cc2)cc1)C(=O)O. The molecule has 0 amide bonds. The van der Waals surface area contributed by atoms with E-state index >= 15 is 0 Å². The van der Waals surface area contributed by atoms with Gasteiger partial charge in [0, 0.05) is 41.8 Å². The van der Waals surface area contributed by atoms with E-state index in [2.05, 4.69) is 87.7 Å². The zero-order valence-electron chi connectivity index (χ0n) is 23.6. The van der Waals surface area contributed by atoms with E-state index in [0.717, 1.165) is 50.4 Å². The minimum atomic E-state index is -1.24. The monoisotopic (exact) mass is 570 g/mol. The van der Waals surface area contributed by atoms with Gasteiger partial charge in [0.2, 0.25) is 0 Å². The van der Waals surface area contributed by atoms with E-state index in [4.69, 9.17) is 10.4 Å². The van der Waals surface area contributed by atoms with Crippen LogP contribution in [0.25, 0.3) is 39.5 Å². The van der Waals surface area contributed by atoms with Crippen molar-refractivity contribution in [1.29, 1.82) is 5.26 Å². The maximum Gasteiger partial charge on any atom is 0.346 e. The van der Waals surface area contributed by atoms with Crippen LogP contribution in [0.5, 0.6) is 0 Å². The molecule has 2 heterocycles. The molecule has 6 aromatic rings. The van der Waals surface area contributed by atoms with Crippen LogP contribution in [0.3, 0.4) is 0 Å². The van der Waals surface area contributed by atoms with Crippen LogP contribution in [-0.4, -0.2) is 21.0 Å². The zero-order chi connectivity index (χ0) is 30.3. The molecule has 6 rings (SSSR count). The van der Waals surface area contributed by atoms with E-state index in [1.807, 2.05) is 48.5 Å². The summed E-state index contributed by atoms with van der Waals surface area (Å²) in [6.07, 6.45) is 8.56. The lowest BCUT2D eigenvalue weighted by atomic mass is 10.0. The van der Waals surface area contributed by atoms with Crippen LogP contribution in [-0.2, 0) is 4.79 Å². The molecule has 210 valence electrons. The van der Waals surface area contributed by atoms with Gasteiger partial charge in [0.05, 0.1) is 0 Å². The lowest BCUT2D eigenvalue weighted by Crippen LogP contribution is -2.09. The molecule has 0 saturated heterocycles. The number of nitriles is 1. The second kappa shape index (κ2) is 12.7. The summed E-state index contributed by atoms with van der Waals surface area (Å²) in [5.74, 6) is -1.24. The summed E-state index contributed by atoms with van der Waals surface area (Å²) in [6, 6.07) is 42.5. The van der Waals surface area contributed by atoms with Gasteiger partial charge in [0.25, 0.3) is 0 Å². The standard InChI is InChI=1S/C38H26N4O2/c39-26-34(38(43)44)25-27-1-3-28(4-2-27)29-5-11-35(12-6-29)42(36-13-7-30(8-14-36)32-17-21-40-22-18-32)37-15-9-31(10-16-37)33-19-23-41-24-20-33/h1-25H,(H,43,44)/b34-25-. The van der Waals surface area contributed by atoms with Gasteiger partial charge >= 0.3 is 5.97 Å². The quantitative estimate of drug-likeness (QED) is 0.145. The van der Waals surface area contributed by atoms with Crippen LogP contribution >= 0.6 is 0 Å². The summed E-state index contributed by atoms with van der Waals surface area (Å²) < 4.78 is 0. The molecule has 6 nitrogen and oxygen atoms in total. The highest BCUT2D eigenvalue weighted by molar-refractivity contribution is 5.96. The molecule has 0 aliphatic rings. The minimum Gasteiger partial charge on any atom is -0.477 e. The van der Waals surface area contributed by atoms with Crippen molar-refractivity contribution in [3.63, 3.8) is 0 Å². The Labute approximate surface area is 255 Å². The first-order chi connectivity index (χ1) is 21.6. The molecule has 4 aromatic carbocycles. The fourth-order valence-electron chi connectivity index (χ4n) is 5.03. The van der Waals surface area contributed by atoms with Crippen LogP contribution in [0.4, 0.5) is 17.1 Å². The fraction of sp³-hybridized carbons (Fsp3) is 0. The highest BCUT2D eigenvalue weighted by Crippen LogP contribution is 2.37. The van der Waals surface area contributed by atoms with Gasteiger partial charge in [-0.25, -0.2) is 4.79 Å². The van der Waals surface area contributed by atoms with E-state index in [0.29, 0.717) is 5.56 Å². The predicted octanol–water partition coefficient (Wildman–Crippen LogP) is 8.94. The van der Waals surface area contributed by atoms with Crippen molar-refractivity contribution in [3.8, 4) is 39.4 Å². The average Bonchev–Trinajstić information content (AvgIpc) is 3.09. The normalized spacial score (nSPS) is 11.0. The maximum atomic E-state index is 11.2. The molecule has 0 bridgehead atoms. The summed E-state index contributed by atoms with van der Waals surface area (Å²) in [5.41, 5.74) is 9.85. The molecule has 0 radical (unpaired) electrons. The number of benzene rings is 4. The molecule has 2 aromatic heterocycles. The van der Waals surface area contributed by atoms with Gasteiger partial charge in [-0.3, -0.25) is 9.97 Å². The van der Waals surface area contributed by atoms with Gasteiger partial charge in [-0.05, 0) is 106 Å². The van der Waals surface area contributed by atoms with Crippen LogP contribution < -0.4 is 4.90 Å². The third kappa shape index (κ3) is 6.13. The Morgan fingerprint density at radius 3 is 1.18 bits per heavy atom. The Hall–Kier alpha value is -6.32. The number of hydrogen-bond acceptors (Lipinski definition) is 5. The van der Waals surface area contributed by atoms with E-state index in [-0.39, 0.29) is 5.57 Å². The number of carboxylic acids is 1. The average molecular weight is 571 g/mol. The summed E-state index contributed by atoms with van der Waals surface area (Å²) in [7, 11) is 0. The number of rotatable bonds is 8. The summed E-state index contributed by atoms with van der Waals surface area (Å²) in [6.45, 7) is 0. The number of pyridine rings is 2. The number of anilines is 3. The number of carbonyl (C=O) groups is 1. The molecule has 0 fully saturated rings. The van der Waals surface area contributed by atoms with Gasteiger partial charge in [-0.1, -0.05) is 60.7 Å². The lowest BCUT2D eigenvalue weighted by Gasteiger charge is -2.26. The van der Waals surface area contributed by atoms with Gasteiger partial charge in [0.15, 0.2) is 0 Å². The Morgan fingerprint density at radius 2 is 0.864 bits per heavy atom. The van der Waals surface area contributed by atoms with Gasteiger partial charge in [-0.15, -0.1) is 0 Å². The highest BCUT2D eigenvalue weighted by Gasteiger charge is 2.14. The second-order valence-corrected chi connectivity index (χ2v) is 10.0. The Morgan fingerprint density at radius 1 is 0.545 bits per heavy atom. The molecule has 0 atom stereocenters. The zero-order valence-corrected chi connectivity index (χ0v) is 23.6. The third-order valence-corrected chi connectivity index (χ3v) is 7.31. The molecule has 6 heteroatoms. The number of nitrogens with zero attached hydrogens (tertiary/aromatic N) is 4. The summed E-state index contributed by atoms with van der Waals surface area (Å²) in [4.78, 5) is 21.7. The van der Waals surface area contributed by atoms with Crippen molar-refractivity contribution < 1.29 is 9.90 Å². The van der Waals surface area contributed by atoms with Crippen molar-refractivity contribution in [3.05, 3.63) is 157 Å². The van der Waals surface area contributed by atoms with Crippen LogP contribution in [0, 0.1) is 11.3 Å². The number of hydrogen-bond donors (Lipinski definition) is 1. The van der Waals surface area contributed by atoms with E-state index in [1.54, 1.807) is 30.9 Å². The minimum absolute atomic E-state index is 0.301. The van der Waals surface area contributed by atoms with E-state index < -0.39 is 5.97 Å². The number of aliphatic carboxylic acids is 1. The summed E-state index contributed by atoms with van der Waals surface area (Å²) in [5, 5.41) is 18.2. The maximum absolute atomic E-state index is 11.2. The first kappa shape index (κ1) is 27.8.